The lowest BCUT2D eigenvalue weighted by atomic mass is 10.0. The molecule has 0 amide bonds. The highest BCUT2D eigenvalue weighted by molar-refractivity contribution is 7.91. The minimum atomic E-state index is -3.90. The van der Waals surface area contributed by atoms with Crippen molar-refractivity contribution in [3.05, 3.63) is 82.8 Å². The van der Waals surface area contributed by atoms with E-state index in [1.807, 2.05) is 19.9 Å². The molecular weight excluding hydrogens is 554 g/mol. The first kappa shape index (κ1) is 27.6. The molecule has 0 bridgehead atoms. The lowest BCUT2D eigenvalue weighted by molar-refractivity contribution is 0.00142. The number of hydrogen-bond acceptors (Lipinski definition) is 10. The van der Waals surface area contributed by atoms with Crippen molar-refractivity contribution in [2.75, 3.05) is 6.61 Å². The third-order valence-corrected chi connectivity index (χ3v) is 8.74. The highest BCUT2D eigenvalue weighted by Crippen LogP contribution is 2.37. The molecule has 1 aliphatic heterocycles. The smallest absolute Gasteiger partial charge is 0.224 e. The van der Waals surface area contributed by atoms with Crippen LogP contribution in [0.5, 0.6) is 5.88 Å². The van der Waals surface area contributed by atoms with Crippen molar-refractivity contribution in [2.24, 2.45) is 0 Å². The highest BCUT2D eigenvalue weighted by atomic mass is 35.5. The van der Waals surface area contributed by atoms with Gasteiger partial charge >= 0.3 is 0 Å². The number of hydrogen-bond donors (Lipinski definition) is 0. The van der Waals surface area contributed by atoms with Crippen LogP contribution in [0.4, 0.5) is 0 Å². The molecule has 206 valence electrons. The van der Waals surface area contributed by atoms with Gasteiger partial charge in [-0.05, 0) is 50.6 Å². The van der Waals surface area contributed by atoms with E-state index in [1.165, 1.54) is 12.4 Å². The van der Waals surface area contributed by atoms with Gasteiger partial charge in [0.25, 0.3) is 0 Å². The fourth-order valence-electron chi connectivity index (χ4n) is 4.55. The molecule has 0 aliphatic carbocycles. The summed E-state index contributed by atoms with van der Waals surface area (Å²) in [6, 6.07) is 12.2. The van der Waals surface area contributed by atoms with E-state index in [-0.39, 0.29) is 24.4 Å². The molecule has 0 saturated heterocycles. The summed E-state index contributed by atoms with van der Waals surface area (Å²) in [6.45, 7) is 5.32. The van der Waals surface area contributed by atoms with E-state index < -0.39 is 33.0 Å². The Bertz CT molecular complexity index is 1670. The van der Waals surface area contributed by atoms with Crippen LogP contribution in [0.25, 0.3) is 11.4 Å². The summed E-state index contributed by atoms with van der Waals surface area (Å²) in [5.41, 5.74) is 1.79. The van der Waals surface area contributed by atoms with E-state index in [0.717, 1.165) is 5.56 Å². The summed E-state index contributed by atoms with van der Waals surface area (Å²) < 4.78 is 41.6. The van der Waals surface area contributed by atoms with Crippen LogP contribution in [-0.4, -0.2) is 56.1 Å². The molecule has 5 rings (SSSR count). The fourth-order valence-corrected chi connectivity index (χ4v) is 6.03. The topological polar surface area (TPSA) is 146 Å². The third-order valence-electron chi connectivity index (χ3n) is 6.51. The average molecular weight is 580 g/mol. The summed E-state index contributed by atoms with van der Waals surface area (Å²) in [4.78, 5) is 12.8. The molecule has 13 heteroatoms. The first-order valence-electron chi connectivity index (χ1n) is 12.5. The van der Waals surface area contributed by atoms with Gasteiger partial charge in [0.2, 0.25) is 5.88 Å². The van der Waals surface area contributed by atoms with Crippen molar-refractivity contribution in [3.8, 4) is 23.3 Å². The summed E-state index contributed by atoms with van der Waals surface area (Å²) in [5.74, 6) is 0.783. The number of pyridine rings is 1. The van der Waals surface area contributed by atoms with Crippen LogP contribution in [-0.2, 0) is 20.3 Å². The van der Waals surface area contributed by atoms with Crippen LogP contribution in [0, 0.1) is 11.3 Å². The summed E-state index contributed by atoms with van der Waals surface area (Å²) >= 11 is 5.95. The monoisotopic (exact) mass is 579 g/mol. The van der Waals surface area contributed by atoms with Gasteiger partial charge in [0.15, 0.2) is 21.5 Å². The van der Waals surface area contributed by atoms with E-state index in [9.17, 15) is 13.7 Å². The van der Waals surface area contributed by atoms with Crippen molar-refractivity contribution < 1.29 is 17.9 Å². The SMILES string of the molecule is CC(C)O[C@@H](c1ncc(Cl)cn1)[C@H](C)S(=O)(=O)Cc1nnc2n1[C@@H](c1cccc(C#N)c1)COc1ncccc1-2. The standard InChI is InChI=1S/C27H26ClN7O4S/c1-16(2)39-24(25-31-12-20(28)13-32-25)17(3)40(36,37)15-23-33-34-26-21-8-5-9-30-27(21)38-14-22(35(23)26)19-7-4-6-18(10-19)11-29/h4-10,12-13,16-17,22,24H,14-15H2,1-3H3/t17-,22+,24+/m0/s1. The zero-order valence-corrected chi connectivity index (χ0v) is 23.5. The van der Waals surface area contributed by atoms with Crippen LogP contribution in [0.1, 0.15) is 55.7 Å². The minimum absolute atomic E-state index is 0.129. The van der Waals surface area contributed by atoms with E-state index >= 15 is 0 Å². The van der Waals surface area contributed by atoms with Gasteiger partial charge in [-0.2, -0.15) is 5.26 Å². The number of sulfone groups is 1. The Kier molecular flexibility index (Phi) is 7.80. The zero-order chi connectivity index (χ0) is 28.4. The van der Waals surface area contributed by atoms with Crippen LogP contribution in [0.15, 0.2) is 55.0 Å². The molecule has 0 saturated carbocycles. The third kappa shape index (κ3) is 5.54. The molecule has 4 heterocycles. The molecule has 1 aromatic carbocycles. The van der Waals surface area contributed by atoms with Gasteiger partial charge in [-0.1, -0.05) is 23.7 Å². The largest absolute Gasteiger partial charge is 0.475 e. The summed E-state index contributed by atoms with van der Waals surface area (Å²) in [6.07, 6.45) is 3.19. The number of nitrogens with zero attached hydrogens (tertiary/aromatic N) is 7. The minimum Gasteiger partial charge on any atom is -0.475 e. The van der Waals surface area contributed by atoms with Gasteiger partial charge in [-0.25, -0.2) is 23.4 Å². The van der Waals surface area contributed by atoms with E-state index in [0.29, 0.717) is 27.9 Å². The number of benzene rings is 1. The Morgan fingerprint density at radius 3 is 2.65 bits per heavy atom. The molecule has 0 unspecified atom stereocenters. The first-order chi connectivity index (χ1) is 19.2. The second-order valence-corrected chi connectivity index (χ2v) is 12.4. The van der Waals surface area contributed by atoms with Crippen LogP contribution < -0.4 is 4.74 Å². The lowest BCUT2D eigenvalue weighted by Gasteiger charge is -2.25. The molecule has 0 N–H and O–H groups in total. The maximum absolute atomic E-state index is 13.9. The summed E-state index contributed by atoms with van der Waals surface area (Å²) in [5, 5.41) is 17.5. The molecular formula is C27H26ClN7O4S. The maximum atomic E-state index is 13.9. The zero-order valence-electron chi connectivity index (χ0n) is 22.0. The second-order valence-electron chi connectivity index (χ2n) is 9.61. The van der Waals surface area contributed by atoms with Gasteiger partial charge < -0.3 is 9.47 Å². The Balaban J connectivity index is 1.57. The van der Waals surface area contributed by atoms with Gasteiger partial charge in [0.05, 0.1) is 39.6 Å². The summed E-state index contributed by atoms with van der Waals surface area (Å²) in [7, 11) is -3.90. The quantitative estimate of drug-likeness (QED) is 0.299. The Morgan fingerprint density at radius 1 is 1.15 bits per heavy atom. The molecule has 4 aromatic rings. The fraction of sp³-hybridized carbons (Fsp3) is 0.333. The number of nitriles is 1. The van der Waals surface area contributed by atoms with Crippen LogP contribution >= 0.6 is 11.6 Å². The molecule has 40 heavy (non-hydrogen) atoms. The molecule has 0 spiro atoms. The van der Waals surface area contributed by atoms with Crippen molar-refractivity contribution in [1.82, 2.24) is 29.7 Å². The average Bonchev–Trinajstić information content (AvgIpc) is 3.26. The number of rotatable bonds is 8. The van der Waals surface area contributed by atoms with E-state index in [2.05, 4.69) is 31.2 Å². The highest BCUT2D eigenvalue weighted by Gasteiger charge is 2.37. The molecule has 0 fully saturated rings. The normalized spacial score (nSPS) is 16.2. The van der Waals surface area contributed by atoms with Crippen molar-refractivity contribution in [2.45, 2.75) is 50.0 Å². The lowest BCUT2D eigenvalue weighted by Crippen LogP contribution is -2.32. The Labute approximate surface area is 236 Å². The predicted molar refractivity (Wildman–Crippen MR) is 146 cm³/mol. The van der Waals surface area contributed by atoms with Gasteiger partial charge in [-0.3, -0.25) is 4.57 Å². The number of fused-ring (bicyclic) bond motifs is 3. The van der Waals surface area contributed by atoms with E-state index in [4.69, 9.17) is 21.1 Å². The molecule has 1 aliphatic rings. The Morgan fingerprint density at radius 2 is 1.93 bits per heavy atom. The number of halogens is 1. The van der Waals surface area contributed by atoms with E-state index in [1.54, 1.807) is 48.0 Å². The van der Waals surface area contributed by atoms with Gasteiger partial charge in [0, 0.05) is 18.6 Å². The van der Waals surface area contributed by atoms with Crippen molar-refractivity contribution in [1.29, 1.82) is 5.26 Å². The number of aromatic nitrogens is 6. The van der Waals surface area contributed by atoms with Crippen LogP contribution in [0.2, 0.25) is 5.02 Å². The Hall–Kier alpha value is -3.92. The first-order valence-corrected chi connectivity index (χ1v) is 14.6. The second kappa shape index (κ2) is 11.3. The van der Waals surface area contributed by atoms with Gasteiger partial charge in [-0.15, -0.1) is 10.2 Å². The maximum Gasteiger partial charge on any atom is 0.224 e. The predicted octanol–water partition coefficient (Wildman–Crippen LogP) is 4.11. The van der Waals surface area contributed by atoms with Crippen molar-refractivity contribution in [3.63, 3.8) is 0 Å². The molecule has 0 radical (unpaired) electrons. The van der Waals surface area contributed by atoms with Gasteiger partial charge in [0.1, 0.15) is 24.3 Å². The molecule has 3 aromatic heterocycles. The van der Waals surface area contributed by atoms with Crippen LogP contribution in [0.3, 0.4) is 0 Å². The van der Waals surface area contributed by atoms with Crippen molar-refractivity contribution >= 4 is 21.4 Å². The number of ether oxygens (including phenoxy) is 2. The molecule has 11 nitrogen and oxygen atoms in total. The molecule has 3 atom stereocenters.